The maximum absolute atomic E-state index is 11.0. The van der Waals surface area contributed by atoms with Crippen LogP contribution in [0.3, 0.4) is 0 Å². The molecule has 0 saturated heterocycles. The number of benzene rings is 2. The average Bonchev–Trinajstić information content (AvgIpc) is 2.69. The monoisotopic (exact) mass is 552 g/mol. The fourth-order valence-corrected chi connectivity index (χ4v) is 3.02. The van der Waals surface area contributed by atoms with Gasteiger partial charge < -0.3 is 4.74 Å². The number of anilines is 1. The maximum atomic E-state index is 11.0. The Kier molecular flexibility index (Phi) is 6.93. The maximum Gasteiger partial charge on any atom is 0.313 e. The molecule has 0 aliphatic rings. The van der Waals surface area contributed by atoms with Gasteiger partial charge in [0.1, 0.15) is 12.4 Å². The van der Waals surface area contributed by atoms with Gasteiger partial charge in [-0.3, -0.25) is 15.5 Å². The van der Waals surface area contributed by atoms with Crippen LogP contribution in [0, 0.1) is 13.7 Å². The minimum absolute atomic E-state index is 0.0695. The molecule has 0 fully saturated rings. The second-order valence-electron chi connectivity index (χ2n) is 5.60. The second kappa shape index (κ2) is 9.60. The molecule has 0 amide bonds. The summed E-state index contributed by atoms with van der Waals surface area (Å²) in [6.45, 7) is 0.415. The molecule has 0 saturated carbocycles. The number of aromatic nitrogens is 1. The summed E-state index contributed by atoms with van der Waals surface area (Å²) in [4.78, 5) is 14.5. The Morgan fingerprint density at radius 2 is 2.04 bits per heavy atom. The Morgan fingerprint density at radius 3 is 2.79 bits per heavy atom. The van der Waals surface area contributed by atoms with Gasteiger partial charge in [0.05, 0.1) is 11.1 Å². The van der Waals surface area contributed by atoms with Gasteiger partial charge in [-0.15, -0.1) is 0 Å². The predicted octanol–water partition coefficient (Wildman–Crippen LogP) is 5.38. The van der Waals surface area contributed by atoms with E-state index in [0.717, 1.165) is 13.6 Å². The van der Waals surface area contributed by atoms with E-state index in [0.29, 0.717) is 17.9 Å². The Morgan fingerprint density at radius 1 is 1.25 bits per heavy atom. The molecule has 3 aromatic rings. The van der Waals surface area contributed by atoms with Crippen LogP contribution in [0.5, 0.6) is 5.75 Å². The van der Waals surface area contributed by atoms with Crippen molar-refractivity contribution < 1.29 is 9.66 Å². The van der Waals surface area contributed by atoms with Crippen molar-refractivity contribution in [3.05, 3.63) is 90.1 Å². The number of hydrazone groups is 1. The molecule has 1 N–H and O–H groups in total. The fourth-order valence-electron chi connectivity index (χ4n) is 2.29. The number of nitro groups is 1. The van der Waals surface area contributed by atoms with Crippen molar-refractivity contribution in [3.63, 3.8) is 0 Å². The Balaban J connectivity index is 1.74. The largest absolute Gasteiger partial charge is 0.488 e. The van der Waals surface area contributed by atoms with Crippen LogP contribution in [0.25, 0.3) is 0 Å². The molecular weight excluding hydrogens is 539 g/mol. The topological polar surface area (TPSA) is 89.7 Å². The summed E-state index contributed by atoms with van der Waals surface area (Å²) in [5.41, 5.74) is 4.23. The van der Waals surface area contributed by atoms with Crippen LogP contribution in [0.15, 0.2) is 70.4 Å². The molecule has 7 nitrogen and oxygen atoms in total. The molecule has 0 unspecified atom stereocenters. The van der Waals surface area contributed by atoms with Crippen molar-refractivity contribution in [3.8, 4) is 5.75 Å². The summed E-state index contributed by atoms with van der Waals surface area (Å²) in [6, 6.07) is 16.5. The number of nitrogens with zero attached hydrogens (tertiary/aromatic N) is 3. The van der Waals surface area contributed by atoms with Crippen LogP contribution in [-0.2, 0) is 6.61 Å². The van der Waals surface area contributed by atoms with Crippen molar-refractivity contribution >= 4 is 56.2 Å². The molecule has 0 bridgehead atoms. The number of pyridine rings is 1. The molecule has 1 heterocycles. The van der Waals surface area contributed by atoms with E-state index in [1.165, 1.54) is 24.5 Å². The van der Waals surface area contributed by atoms with E-state index in [4.69, 9.17) is 4.74 Å². The van der Waals surface area contributed by atoms with Crippen molar-refractivity contribution in [1.82, 2.24) is 4.98 Å². The van der Waals surface area contributed by atoms with Gasteiger partial charge in [0.2, 0.25) is 5.82 Å². The van der Waals surface area contributed by atoms with Gasteiger partial charge >= 0.3 is 5.69 Å². The van der Waals surface area contributed by atoms with E-state index in [1.54, 1.807) is 0 Å². The minimum atomic E-state index is -0.514. The van der Waals surface area contributed by atoms with E-state index < -0.39 is 4.92 Å². The van der Waals surface area contributed by atoms with Crippen molar-refractivity contribution in [2.45, 2.75) is 6.61 Å². The molecule has 2 aromatic carbocycles. The molecule has 0 aliphatic carbocycles. The first-order valence-corrected chi connectivity index (χ1v) is 9.95. The minimum Gasteiger partial charge on any atom is -0.488 e. The average molecular weight is 553 g/mol. The summed E-state index contributed by atoms with van der Waals surface area (Å²) in [6.07, 6.45) is 2.99. The molecule has 142 valence electrons. The molecule has 0 atom stereocenters. The Labute approximate surface area is 183 Å². The normalized spacial score (nSPS) is 10.8. The number of halogens is 2. The van der Waals surface area contributed by atoms with Gasteiger partial charge in [-0.1, -0.05) is 28.1 Å². The first-order chi connectivity index (χ1) is 13.5. The van der Waals surface area contributed by atoms with E-state index in [-0.39, 0.29) is 11.5 Å². The molecular formula is C19H14BrIN4O3. The zero-order valence-corrected chi connectivity index (χ0v) is 18.1. The van der Waals surface area contributed by atoms with Gasteiger partial charge in [-0.05, 0) is 64.6 Å². The number of rotatable bonds is 7. The van der Waals surface area contributed by atoms with Crippen molar-refractivity contribution in [2.24, 2.45) is 5.10 Å². The highest BCUT2D eigenvalue weighted by molar-refractivity contribution is 14.1. The zero-order valence-electron chi connectivity index (χ0n) is 14.4. The fraction of sp³-hybridized carbons (Fsp3) is 0.0526. The van der Waals surface area contributed by atoms with Crippen LogP contribution >= 0.6 is 38.5 Å². The van der Waals surface area contributed by atoms with E-state index in [1.807, 2.05) is 42.5 Å². The quantitative estimate of drug-likeness (QED) is 0.184. The smallest absolute Gasteiger partial charge is 0.313 e. The summed E-state index contributed by atoms with van der Waals surface area (Å²) in [5, 5.41) is 15.1. The summed E-state index contributed by atoms with van der Waals surface area (Å²) < 4.78 is 7.94. The van der Waals surface area contributed by atoms with Crippen LogP contribution in [-0.4, -0.2) is 16.1 Å². The lowest BCUT2D eigenvalue weighted by atomic mass is 10.2. The highest BCUT2D eigenvalue weighted by Crippen LogP contribution is 2.24. The first-order valence-electron chi connectivity index (χ1n) is 8.08. The molecule has 0 aliphatic heterocycles. The molecule has 1 aromatic heterocycles. The SMILES string of the molecule is O=[N+]([O-])c1cccnc1N/N=C\c1cc(Br)ccc1OCc1ccc(I)cc1. The summed E-state index contributed by atoms with van der Waals surface area (Å²) in [5.74, 6) is 0.711. The molecule has 0 spiro atoms. The third kappa shape index (κ3) is 5.49. The number of hydrogen-bond acceptors (Lipinski definition) is 6. The Hall–Kier alpha value is -2.53. The lowest BCUT2D eigenvalue weighted by molar-refractivity contribution is -0.384. The van der Waals surface area contributed by atoms with Gasteiger partial charge in [0.15, 0.2) is 0 Å². The van der Waals surface area contributed by atoms with Gasteiger partial charge in [-0.2, -0.15) is 5.10 Å². The summed E-state index contributed by atoms with van der Waals surface area (Å²) in [7, 11) is 0. The van der Waals surface area contributed by atoms with Crippen LogP contribution in [0.1, 0.15) is 11.1 Å². The van der Waals surface area contributed by atoms with Crippen molar-refractivity contribution in [1.29, 1.82) is 0 Å². The van der Waals surface area contributed by atoms with E-state index in [9.17, 15) is 10.1 Å². The summed E-state index contributed by atoms with van der Waals surface area (Å²) >= 11 is 5.68. The van der Waals surface area contributed by atoms with E-state index in [2.05, 4.69) is 54.0 Å². The van der Waals surface area contributed by atoms with Crippen LogP contribution in [0.2, 0.25) is 0 Å². The van der Waals surface area contributed by atoms with Gasteiger partial charge in [0.25, 0.3) is 0 Å². The van der Waals surface area contributed by atoms with Crippen LogP contribution in [0.4, 0.5) is 11.5 Å². The second-order valence-corrected chi connectivity index (χ2v) is 7.76. The lowest BCUT2D eigenvalue weighted by Crippen LogP contribution is -2.01. The predicted molar refractivity (Wildman–Crippen MR) is 120 cm³/mol. The van der Waals surface area contributed by atoms with Crippen molar-refractivity contribution in [2.75, 3.05) is 5.43 Å². The number of ether oxygens (including phenoxy) is 1. The highest BCUT2D eigenvalue weighted by Gasteiger charge is 2.13. The Bertz CT molecular complexity index is 1010. The number of nitrogens with one attached hydrogen (secondary N) is 1. The third-order valence-electron chi connectivity index (χ3n) is 3.64. The molecule has 0 radical (unpaired) electrons. The zero-order chi connectivity index (χ0) is 19.9. The van der Waals surface area contributed by atoms with Gasteiger partial charge in [0, 0.05) is 25.9 Å². The molecule has 9 heteroatoms. The first kappa shape index (κ1) is 20.2. The van der Waals surface area contributed by atoms with Crippen LogP contribution < -0.4 is 10.2 Å². The third-order valence-corrected chi connectivity index (χ3v) is 4.85. The number of hydrogen-bond donors (Lipinski definition) is 1. The van der Waals surface area contributed by atoms with Gasteiger partial charge in [-0.25, -0.2) is 4.98 Å². The van der Waals surface area contributed by atoms with E-state index >= 15 is 0 Å². The standard InChI is InChI=1S/C19H14BrIN4O3/c20-15-5-8-18(28-12-13-3-6-16(21)7-4-13)14(10-15)11-23-24-19-17(25(26)27)2-1-9-22-19/h1-11H,12H2,(H,22,24)/b23-11-. The lowest BCUT2D eigenvalue weighted by Gasteiger charge is -2.10. The molecule has 3 rings (SSSR count). The molecule has 28 heavy (non-hydrogen) atoms. The highest BCUT2D eigenvalue weighted by atomic mass is 127.